The summed E-state index contributed by atoms with van der Waals surface area (Å²) in [7, 11) is 0. The van der Waals surface area contributed by atoms with Crippen LogP contribution in [0, 0.1) is 0 Å². The van der Waals surface area contributed by atoms with Crippen molar-refractivity contribution >= 4 is 29.0 Å². The molecule has 6 heteroatoms. The number of amides is 1. The van der Waals surface area contributed by atoms with Crippen LogP contribution >= 0.6 is 11.8 Å². The van der Waals surface area contributed by atoms with Gasteiger partial charge in [-0.25, -0.2) is 4.98 Å². The average molecular weight is 598 g/mol. The molecular weight excluding hydrogens is 563 g/mol. The zero-order valence-corrected chi connectivity index (χ0v) is 25.7. The number of carbonyl (C=O) groups is 1. The van der Waals surface area contributed by atoms with Crippen LogP contribution in [0.3, 0.4) is 0 Å². The van der Waals surface area contributed by atoms with E-state index < -0.39 is 5.25 Å². The second kappa shape index (κ2) is 11.9. The highest BCUT2D eigenvalue weighted by atomic mass is 32.2. The molecule has 5 aromatic rings. The highest BCUT2D eigenvalue weighted by molar-refractivity contribution is 8.00. The molecule has 4 aromatic carbocycles. The summed E-state index contributed by atoms with van der Waals surface area (Å²) in [6.45, 7) is 1.91. The fourth-order valence-electron chi connectivity index (χ4n) is 7.02. The molecule has 1 spiro atoms. The maximum atomic E-state index is 14.9. The van der Waals surface area contributed by atoms with Gasteiger partial charge in [-0.05, 0) is 68.1 Å². The first-order valence-electron chi connectivity index (χ1n) is 15.5. The van der Waals surface area contributed by atoms with Crippen LogP contribution in [0.2, 0.25) is 0 Å². The second-order valence-corrected chi connectivity index (χ2v) is 13.2. The summed E-state index contributed by atoms with van der Waals surface area (Å²) in [5.41, 5.74) is 6.05. The topological polar surface area (TPSA) is 55.2 Å². The third-order valence-corrected chi connectivity index (χ3v) is 10.1. The minimum atomic E-state index is -0.530. The van der Waals surface area contributed by atoms with Crippen LogP contribution in [-0.4, -0.2) is 20.7 Å². The van der Waals surface area contributed by atoms with Crippen molar-refractivity contribution in [2.75, 3.05) is 4.90 Å². The minimum absolute atomic E-state index is 0.0114. The molecule has 44 heavy (non-hydrogen) atoms. The van der Waals surface area contributed by atoms with Gasteiger partial charge in [0.15, 0.2) is 5.16 Å². The van der Waals surface area contributed by atoms with E-state index in [1.165, 1.54) is 23.7 Å². The van der Waals surface area contributed by atoms with Gasteiger partial charge in [-0.1, -0.05) is 110 Å². The summed E-state index contributed by atoms with van der Waals surface area (Å²) in [5, 5.41) is 0.00216. The number of hydrogen-bond acceptors (Lipinski definition) is 4. The lowest BCUT2D eigenvalue weighted by atomic mass is 9.62. The average Bonchev–Trinajstić information content (AvgIpc) is 3.06. The van der Waals surface area contributed by atoms with Crippen molar-refractivity contribution in [3.8, 4) is 16.9 Å². The van der Waals surface area contributed by atoms with Gasteiger partial charge in [0.2, 0.25) is 5.91 Å². The van der Waals surface area contributed by atoms with Crippen molar-refractivity contribution in [2.45, 2.75) is 61.3 Å². The lowest BCUT2D eigenvalue weighted by Gasteiger charge is -2.42. The Hall–Kier alpha value is -4.42. The molecule has 220 valence electrons. The van der Waals surface area contributed by atoms with E-state index in [0.29, 0.717) is 5.16 Å². The summed E-state index contributed by atoms with van der Waals surface area (Å²) >= 11 is 1.35. The summed E-state index contributed by atoms with van der Waals surface area (Å²) < 4.78 is 1.76. The Bertz CT molecular complexity index is 1810. The Morgan fingerprint density at radius 1 is 0.795 bits per heavy atom. The molecule has 1 amide bonds. The first-order valence-corrected chi connectivity index (χ1v) is 16.4. The maximum absolute atomic E-state index is 14.9. The number of rotatable bonds is 6. The number of fused-ring (bicyclic) bond motifs is 4. The van der Waals surface area contributed by atoms with Crippen LogP contribution in [-0.2, 0) is 16.6 Å². The van der Waals surface area contributed by atoms with E-state index in [4.69, 9.17) is 4.98 Å². The fraction of sp³-hybridized carbons (Fsp3) is 0.237. The molecule has 0 saturated heterocycles. The lowest BCUT2D eigenvalue weighted by molar-refractivity contribution is -0.117. The van der Waals surface area contributed by atoms with Gasteiger partial charge in [-0.3, -0.25) is 19.1 Å². The Morgan fingerprint density at radius 3 is 2.00 bits per heavy atom. The van der Waals surface area contributed by atoms with Crippen molar-refractivity contribution < 1.29 is 4.79 Å². The largest absolute Gasteiger partial charge is 0.280 e. The molecule has 1 saturated carbocycles. The van der Waals surface area contributed by atoms with Gasteiger partial charge in [0, 0.05) is 22.4 Å². The SMILES string of the molecule is C[C@H](Sc1nc2c(c(=O)n1-c1ccccc1)C1(CCCCC1)Cc1ccccc1-2)C(=O)N(c1ccccc1)c1ccccc1. The summed E-state index contributed by atoms with van der Waals surface area (Å²) in [5.74, 6) is -0.0804. The number of thioether (sulfide) groups is 1. The molecule has 2 aliphatic carbocycles. The highest BCUT2D eigenvalue weighted by Crippen LogP contribution is 2.49. The van der Waals surface area contributed by atoms with E-state index in [9.17, 15) is 9.59 Å². The minimum Gasteiger partial charge on any atom is -0.280 e. The third-order valence-electron chi connectivity index (χ3n) is 9.09. The predicted octanol–water partition coefficient (Wildman–Crippen LogP) is 8.50. The van der Waals surface area contributed by atoms with Crippen molar-refractivity contribution in [2.24, 2.45) is 0 Å². The zero-order chi connectivity index (χ0) is 30.1. The number of benzene rings is 4. The van der Waals surface area contributed by atoms with Crippen molar-refractivity contribution in [1.82, 2.24) is 9.55 Å². The molecule has 0 unspecified atom stereocenters. The third kappa shape index (κ3) is 5.07. The van der Waals surface area contributed by atoms with Crippen LogP contribution in [0.25, 0.3) is 16.9 Å². The van der Waals surface area contributed by atoms with Gasteiger partial charge in [-0.2, -0.15) is 0 Å². The van der Waals surface area contributed by atoms with Gasteiger partial charge in [0.1, 0.15) is 0 Å². The van der Waals surface area contributed by atoms with E-state index in [-0.39, 0.29) is 16.9 Å². The quantitative estimate of drug-likeness (QED) is 0.145. The van der Waals surface area contributed by atoms with E-state index in [0.717, 1.165) is 66.0 Å². The van der Waals surface area contributed by atoms with Gasteiger partial charge >= 0.3 is 0 Å². The Balaban J connectivity index is 1.38. The monoisotopic (exact) mass is 597 g/mol. The lowest BCUT2D eigenvalue weighted by Crippen LogP contribution is -2.43. The zero-order valence-electron chi connectivity index (χ0n) is 24.9. The molecule has 1 heterocycles. The van der Waals surface area contributed by atoms with Gasteiger partial charge in [0.25, 0.3) is 5.56 Å². The van der Waals surface area contributed by atoms with E-state index in [1.54, 1.807) is 9.47 Å². The highest BCUT2D eigenvalue weighted by Gasteiger charge is 2.44. The molecule has 5 nitrogen and oxygen atoms in total. The molecule has 0 bridgehead atoms. The van der Waals surface area contributed by atoms with Crippen LogP contribution in [0.5, 0.6) is 0 Å². The smallest absolute Gasteiger partial charge is 0.263 e. The molecule has 1 fully saturated rings. The molecule has 2 aliphatic rings. The number of nitrogens with zero attached hydrogens (tertiary/aromatic N) is 3. The van der Waals surface area contributed by atoms with Crippen molar-refractivity contribution in [3.05, 3.63) is 137 Å². The second-order valence-electron chi connectivity index (χ2n) is 11.9. The number of para-hydroxylation sites is 3. The molecular formula is C38H35N3O2S. The predicted molar refractivity (Wildman–Crippen MR) is 179 cm³/mol. The standard InChI is InChI=1S/C38H35N3O2S/c1-27(35(42)40(29-17-6-2-7-18-29)30-19-8-3-9-20-30)44-37-39-34-32-23-13-12-16-28(32)26-38(24-14-5-15-25-38)33(34)36(43)41(37)31-21-10-4-11-22-31/h2-4,6-13,16-23,27H,5,14-15,24-26H2,1H3/t27-/m0/s1. The Morgan fingerprint density at radius 2 is 1.36 bits per heavy atom. The number of hydrogen-bond donors (Lipinski definition) is 0. The van der Waals surface area contributed by atoms with Crippen LogP contribution in [0.15, 0.2) is 125 Å². The number of anilines is 2. The van der Waals surface area contributed by atoms with E-state index >= 15 is 0 Å². The normalized spacial score (nSPS) is 15.7. The van der Waals surface area contributed by atoms with Crippen molar-refractivity contribution in [1.29, 1.82) is 0 Å². The maximum Gasteiger partial charge on any atom is 0.263 e. The van der Waals surface area contributed by atoms with Crippen molar-refractivity contribution in [3.63, 3.8) is 0 Å². The first-order chi connectivity index (χ1) is 21.6. The molecule has 7 rings (SSSR count). The Kier molecular flexibility index (Phi) is 7.69. The van der Waals surface area contributed by atoms with Gasteiger partial charge < -0.3 is 0 Å². The molecule has 0 N–H and O–H groups in total. The Labute approximate surface area is 262 Å². The molecule has 0 radical (unpaired) electrons. The fourth-order valence-corrected chi connectivity index (χ4v) is 7.98. The molecule has 0 aliphatic heterocycles. The number of aromatic nitrogens is 2. The molecule has 1 atom stereocenters. The summed E-state index contributed by atoms with van der Waals surface area (Å²) in [6.07, 6.45) is 6.28. The van der Waals surface area contributed by atoms with Crippen LogP contribution in [0.1, 0.15) is 50.2 Å². The van der Waals surface area contributed by atoms with E-state index in [2.05, 4.69) is 18.2 Å². The van der Waals surface area contributed by atoms with Gasteiger partial charge in [0.05, 0.1) is 22.2 Å². The van der Waals surface area contributed by atoms with Crippen LogP contribution < -0.4 is 10.5 Å². The van der Waals surface area contributed by atoms with E-state index in [1.807, 2.05) is 104 Å². The number of carbonyl (C=O) groups excluding carboxylic acids is 1. The van der Waals surface area contributed by atoms with Gasteiger partial charge in [-0.15, -0.1) is 0 Å². The first kappa shape index (κ1) is 28.4. The summed E-state index contributed by atoms with van der Waals surface area (Å²) in [6, 6.07) is 37.6. The molecule has 1 aromatic heterocycles. The summed E-state index contributed by atoms with van der Waals surface area (Å²) in [4.78, 5) is 36.2. The van der Waals surface area contributed by atoms with Crippen LogP contribution in [0.4, 0.5) is 11.4 Å².